The lowest BCUT2D eigenvalue weighted by Crippen LogP contribution is -2.54. The van der Waals surface area contributed by atoms with E-state index in [0.717, 1.165) is 43.5 Å². The van der Waals surface area contributed by atoms with Crippen LogP contribution in [-0.2, 0) is 4.79 Å². The third-order valence-electron chi connectivity index (χ3n) is 4.55. The summed E-state index contributed by atoms with van der Waals surface area (Å²) in [5, 5.41) is 3.56. The molecule has 1 amide bonds. The van der Waals surface area contributed by atoms with Gasteiger partial charge in [-0.2, -0.15) is 11.8 Å². The third-order valence-corrected chi connectivity index (χ3v) is 5.60. The Morgan fingerprint density at radius 1 is 1.27 bits per heavy atom. The summed E-state index contributed by atoms with van der Waals surface area (Å²) in [6.45, 7) is 2.59. The first-order valence-electron chi connectivity index (χ1n) is 8.06. The van der Waals surface area contributed by atoms with Gasteiger partial charge < -0.3 is 10.2 Å². The zero-order chi connectivity index (χ0) is 15.5. The van der Waals surface area contributed by atoms with Gasteiger partial charge in [-0.05, 0) is 67.9 Å². The highest BCUT2D eigenvalue weighted by Gasteiger charge is 2.32. The minimum Gasteiger partial charge on any atom is -0.311 e. The minimum atomic E-state index is -0.250. The SMILES string of the molecule is Cc1cc(F)ccc1N1CCC[C@H](NC2CCSCC2)C1=O. The van der Waals surface area contributed by atoms with Gasteiger partial charge in [-0.1, -0.05) is 0 Å². The average molecular weight is 322 g/mol. The maximum Gasteiger partial charge on any atom is 0.244 e. The molecule has 1 N–H and O–H groups in total. The Labute approximate surface area is 135 Å². The lowest BCUT2D eigenvalue weighted by atomic mass is 10.0. The van der Waals surface area contributed by atoms with Gasteiger partial charge in [0.15, 0.2) is 0 Å². The summed E-state index contributed by atoms with van der Waals surface area (Å²) in [6.07, 6.45) is 4.18. The van der Waals surface area contributed by atoms with Crippen LogP contribution in [0.15, 0.2) is 18.2 Å². The van der Waals surface area contributed by atoms with E-state index < -0.39 is 0 Å². The Hall–Kier alpha value is -1.07. The number of nitrogens with zero attached hydrogens (tertiary/aromatic N) is 1. The molecule has 2 heterocycles. The number of anilines is 1. The number of halogens is 1. The van der Waals surface area contributed by atoms with E-state index >= 15 is 0 Å². The monoisotopic (exact) mass is 322 g/mol. The minimum absolute atomic E-state index is 0.0914. The second-order valence-corrected chi connectivity index (χ2v) is 7.39. The normalized spacial score (nSPS) is 23.8. The van der Waals surface area contributed by atoms with E-state index in [9.17, 15) is 9.18 Å². The van der Waals surface area contributed by atoms with Crippen molar-refractivity contribution in [3.8, 4) is 0 Å². The molecular weight excluding hydrogens is 299 g/mol. The van der Waals surface area contributed by atoms with Crippen LogP contribution < -0.4 is 10.2 Å². The van der Waals surface area contributed by atoms with Crippen molar-refractivity contribution in [1.82, 2.24) is 5.32 Å². The second kappa shape index (κ2) is 7.01. The molecule has 2 fully saturated rings. The summed E-state index contributed by atoms with van der Waals surface area (Å²) in [5.41, 5.74) is 1.67. The lowest BCUT2D eigenvalue weighted by Gasteiger charge is -2.36. The molecule has 1 atom stereocenters. The largest absolute Gasteiger partial charge is 0.311 e. The Balaban J connectivity index is 1.71. The summed E-state index contributed by atoms with van der Waals surface area (Å²) in [7, 11) is 0. The molecule has 5 heteroatoms. The van der Waals surface area contributed by atoms with Gasteiger partial charge in [0.2, 0.25) is 5.91 Å². The van der Waals surface area contributed by atoms with Crippen molar-refractivity contribution in [3.05, 3.63) is 29.6 Å². The molecule has 0 radical (unpaired) electrons. The molecule has 3 rings (SSSR count). The molecule has 0 spiro atoms. The Morgan fingerprint density at radius 3 is 2.77 bits per heavy atom. The number of hydrogen-bond acceptors (Lipinski definition) is 3. The summed E-state index contributed by atoms with van der Waals surface area (Å²) in [4.78, 5) is 14.6. The van der Waals surface area contributed by atoms with Crippen molar-refractivity contribution >= 4 is 23.4 Å². The second-order valence-electron chi connectivity index (χ2n) is 6.17. The van der Waals surface area contributed by atoms with Crippen LogP contribution in [0.25, 0.3) is 0 Å². The number of thioether (sulfide) groups is 1. The molecular formula is C17H23FN2OS. The quantitative estimate of drug-likeness (QED) is 0.928. The van der Waals surface area contributed by atoms with Crippen molar-refractivity contribution in [2.24, 2.45) is 0 Å². The maximum absolute atomic E-state index is 13.3. The van der Waals surface area contributed by atoms with Gasteiger partial charge in [0.1, 0.15) is 5.82 Å². The molecule has 0 unspecified atom stereocenters. The number of amides is 1. The van der Waals surface area contributed by atoms with E-state index in [-0.39, 0.29) is 17.8 Å². The molecule has 2 saturated heterocycles. The molecule has 22 heavy (non-hydrogen) atoms. The molecule has 1 aromatic rings. The highest BCUT2D eigenvalue weighted by molar-refractivity contribution is 7.99. The van der Waals surface area contributed by atoms with E-state index in [1.807, 2.05) is 23.6 Å². The van der Waals surface area contributed by atoms with E-state index in [1.54, 1.807) is 6.07 Å². The van der Waals surface area contributed by atoms with Crippen molar-refractivity contribution in [3.63, 3.8) is 0 Å². The molecule has 0 aliphatic carbocycles. The van der Waals surface area contributed by atoms with Crippen LogP contribution in [0.2, 0.25) is 0 Å². The van der Waals surface area contributed by atoms with E-state index in [0.29, 0.717) is 6.04 Å². The molecule has 0 saturated carbocycles. The van der Waals surface area contributed by atoms with Crippen molar-refractivity contribution in [2.75, 3.05) is 23.0 Å². The first-order valence-corrected chi connectivity index (χ1v) is 9.22. The van der Waals surface area contributed by atoms with Gasteiger partial charge in [0.05, 0.1) is 6.04 Å². The number of aryl methyl sites for hydroxylation is 1. The van der Waals surface area contributed by atoms with Crippen molar-refractivity contribution in [1.29, 1.82) is 0 Å². The first-order chi connectivity index (χ1) is 10.6. The highest BCUT2D eigenvalue weighted by atomic mass is 32.2. The predicted molar refractivity (Wildman–Crippen MR) is 90.0 cm³/mol. The fourth-order valence-corrected chi connectivity index (χ4v) is 4.45. The standard InChI is InChI=1S/C17H23FN2OS/c1-12-11-13(18)4-5-16(12)20-8-2-3-15(17(20)21)19-14-6-9-22-10-7-14/h4-5,11,14-15,19H,2-3,6-10H2,1H3/t15-/m0/s1. The number of nitrogens with one attached hydrogen (secondary N) is 1. The van der Waals surface area contributed by atoms with Gasteiger partial charge in [-0.3, -0.25) is 4.79 Å². The van der Waals surface area contributed by atoms with Crippen LogP contribution in [0.3, 0.4) is 0 Å². The number of benzene rings is 1. The van der Waals surface area contributed by atoms with Gasteiger partial charge in [0.25, 0.3) is 0 Å². The van der Waals surface area contributed by atoms with Gasteiger partial charge in [-0.25, -0.2) is 4.39 Å². The number of hydrogen-bond donors (Lipinski definition) is 1. The fraction of sp³-hybridized carbons (Fsp3) is 0.588. The van der Waals surface area contributed by atoms with Crippen LogP contribution in [0, 0.1) is 12.7 Å². The smallest absolute Gasteiger partial charge is 0.244 e. The summed E-state index contributed by atoms with van der Waals surface area (Å²) >= 11 is 1.99. The van der Waals surface area contributed by atoms with Crippen LogP contribution >= 0.6 is 11.8 Å². The van der Waals surface area contributed by atoms with Gasteiger partial charge in [0, 0.05) is 18.3 Å². The molecule has 120 valence electrons. The zero-order valence-corrected chi connectivity index (χ0v) is 13.8. The molecule has 2 aliphatic rings. The van der Waals surface area contributed by atoms with Crippen molar-refractivity contribution in [2.45, 2.75) is 44.7 Å². The van der Waals surface area contributed by atoms with E-state index in [1.165, 1.54) is 23.6 Å². The zero-order valence-electron chi connectivity index (χ0n) is 13.0. The summed E-state index contributed by atoms with van der Waals surface area (Å²) in [6, 6.07) is 5.03. The number of rotatable bonds is 3. The Morgan fingerprint density at radius 2 is 2.05 bits per heavy atom. The van der Waals surface area contributed by atoms with E-state index in [4.69, 9.17) is 0 Å². The summed E-state index contributed by atoms with van der Waals surface area (Å²) in [5.74, 6) is 2.25. The molecule has 0 aromatic heterocycles. The number of carbonyl (C=O) groups is 1. The maximum atomic E-state index is 13.3. The predicted octanol–water partition coefficient (Wildman–Crippen LogP) is 3.11. The van der Waals surface area contributed by atoms with Crippen molar-refractivity contribution < 1.29 is 9.18 Å². The van der Waals surface area contributed by atoms with Gasteiger partial charge >= 0.3 is 0 Å². The number of carbonyl (C=O) groups excluding carboxylic acids is 1. The molecule has 3 nitrogen and oxygen atoms in total. The van der Waals surface area contributed by atoms with Crippen LogP contribution in [0.4, 0.5) is 10.1 Å². The molecule has 2 aliphatic heterocycles. The van der Waals surface area contributed by atoms with E-state index in [2.05, 4.69) is 5.32 Å². The van der Waals surface area contributed by atoms with Crippen LogP contribution in [-0.4, -0.2) is 36.0 Å². The third kappa shape index (κ3) is 3.46. The average Bonchev–Trinajstić information content (AvgIpc) is 2.51. The Bertz CT molecular complexity index is 545. The van der Waals surface area contributed by atoms with Gasteiger partial charge in [-0.15, -0.1) is 0 Å². The topological polar surface area (TPSA) is 32.3 Å². The Kier molecular flexibility index (Phi) is 5.03. The molecule has 0 bridgehead atoms. The van der Waals surface area contributed by atoms with Crippen LogP contribution in [0.1, 0.15) is 31.2 Å². The molecule has 1 aromatic carbocycles. The summed E-state index contributed by atoms with van der Waals surface area (Å²) < 4.78 is 13.3. The first kappa shape index (κ1) is 15.8. The fourth-order valence-electron chi connectivity index (χ4n) is 3.34. The highest BCUT2D eigenvalue weighted by Crippen LogP contribution is 2.26. The van der Waals surface area contributed by atoms with Crippen LogP contribution in [0.5, 0.6) is 0 Å². The number of piperidine rings is 1. The lowest BCUT2D eigenvalue weighted by molar-refractivity contribution is -0.122.